The van der Waals surface area contributed by atoms with Gasteiger partial charge in [0.15, 0.2) is 12.5 Å². The van der Waals surface area contributed by atoms with Crippen LogP contribution in [0, 0.1) is 0 Å². The third kappa shape index (κ3) is 57.3. The maximum atomic E-state index is 11.5. The van der Waals surface area contributed by atoms with Gasteiger partial charge in [-0.05, 0) is 132 Å². The van der Waals surface area contributed by atoms with E-state index in [-0.39, 0.29) is 176 Å². The number of ether oxygens (including phenoxy) is 5. The fourth-order valence-electron chi connectivity index (χ4n) is 12.5. The summed E-state index contributed by atoms with van der Waals surface area (Å²) in [5, 5.41) is 10.7. The van der Waals surface area contributed by atoms with Crippen molar-refractivity contribution in [3.8, 4) is 0 Å². The van der Waals surface area contributed by atoms with Crippen molar-refractivity contribution in [1.82, 2.24) is 65.4 Å². The first-order chi connectivity index (χ1) is 58.3. The summed E-state index contributed by atoms with van der Waals surface area (Å²) in [6, 6.07) is 0. The van der Waals surface area contributed by atoms with Gasteiger partial charge in [-0.25, -0.2) is 24.0 Å². The van der Waals surface area contributed by atoms with Gasteiger partial charge in [0.1, 0.15) is 32.2 Å². The molecule has 0 aromatic carbocycles. The predicted molar refractivity (Wildman–Crippen MR) is 518 cm³/mol. The van der Waals surface area contributed by atoms with Crippen LogP contribution < -0.4 is 21.3 Å². The van der Waals surface area contributed by atoms with Crippen LogP contribution in [0.2, 0.25) is 0 Å². The van der Waals surface area contributed by atoms with Gasteiger partial charge in [-0.15, -0.1) is 0 Å². The lowest BCUT2D eigenvalue weighted by Gasteiger charge is -2.25. The molecular formula is C96H169N13O23. The highest BCUT2D eigenvalue weighted by Gasteiger charge is 2.31. The van der Waals surface area contributed by atoms with Crippen LogP contribution >= 0.6 is 0 Å². The van der Waals surface area contributed by atoms with Gasteiger partial charge in [0.05, 0.1) is 19.6 Å². The molecule has 4 unspecified atom stereocenters. The fourth-order valence-corrected chi connectivity index (χ4v) is 12.5. The Hall–Kier alpha value is -11.9. The number of rotatable bonds is 32. The first-order valence-corrected chi connectivity index (χ1v) is 41.7. The lowest BCUT2D eigenvalue weighted by atomic mass is 10.2. The molecule has 36 heteroatoms. The summed E-state index contributed by atoms with van der Waals surface area (Å²) in [6.07, 6.45) is 20.1. The van der Waals surface area contributed by atoms with E-state index in [4.69, 9.17) is 23.7 Å². The minimum Gasteiger partial charge on any atom is -0.461 e. The zero-order chi connectivity index (χ0) is 92.7. The third-order valence-corrected chi connectivity index (χ3v) is 19.4. The number of hydrogen-bond acceptors (Lipinski definition) is 23. The van der Waals surface area contributed by atoms with E-state index in [9.17, 15) is 86.3 Å². The van der Waals surface area contributed by atoms with Crippen molar-refractivity contribution in [3.63, 3.8) is 0 Å². The van der Waals surface area contributed by atoms with Crippen LogP contribution in [-0.4, -0.2) is 300 Å². The highest BCUT2D eigenvalue weighted by atomic mass is 16.6. The first kappa shape index (κ1) is 138. The molecule has 0 saturated carbocycles. The summed E-state index contributed by atoms with van der Waals surface area (Å²) in [4.78, 5) is 215. The molecule has 132 heavy (non-hydrogen) atoms. The van der Waals surface area contributed by atoms with Gasteiger partial charge in [-0.3, -0.25) is 62.3 Å². The van der Waals surface area contributed by atoms with Gasteiger partial charge >= 0.3 is 29.8 Å². The number of esters is 5. The van der Waals surface area contributed by atoms with Crippen LogP contribution in [0.15, 0.2) is 112 Å². The van der Waals surface area contributed by atoms with Gasteiger partial charge in [0, 0.05) is 183 Å². The molecular weight excluding hydrogens is 1700 g/mol. The monoisotopic (exact) mass is 1870 g/mol. The van der Waals surface area contributed by atoms with Crippen LogP contribution in [0.25, 0.3) is 0 Å². The van der Waals surface area contributed by atoms with E-state index in [0.717, 1.165) is 135 Å². The molecule has 0 bridgehead atoms. The molecule has 0 radical (unpaired) electrons. The van der Waals surface area contributed by atoms with E-state index in [1.807, 2.05) is 6.92 Å². The number of amides is 13. The van der Waals surface area contributed by atoms with Crippen molar-refractivity contribution < 1.29 is 110 Å². The SMILES string of the molecule is C.C.C.C.C.C.C.C.C.C=C(C)C(=O)NC(C)N1CCCC1=O.C=C(C)C(=O)NCCN1CCCC1=O.C=C(C)C(=O)OC(C)N1CCCC1=O.C=C(C)C(=O)OCCN1CCCC1=O.C=CC(=O)NC(C)N1CCCC1=O.C=CC(=O)NCCN1CCCC1=O.C=CC(=O)OC(C)N1CCCC1=O.C=CC(=O)OCCN1CCCC1=O.C=CC(=O)OCCN1CCCCCC1=O. The number of nitrogens with one attached hydrogen (secondary N) is 4. The summed E-state index contributed by atoms with van der Waals surface area (Å²) in [7, 11) is 0. The topological polar surface area (TPSA) is 431 Å². The number of nitrogens with zero attached hydrogens (tertiary/aromatic N) is 9. The molecule has 9 saturated heterocycles. The van der Waals surface area contributed by atoms with Crippen LogP contribution in [-0.2, 0) is 110 Å². The molecule has 9 heterocycles. The largest absolute Gasteiger partial charge is 0.461 e. The predicted octanol–water partition coefficient (Wildman–Crippen LogP) is 10.8. The highest BCUT2D eigenvalue weighted by Crippen LogP contribution is 2.19. The van der Waals surface area contributed by atoms with E-state index in [1.165, 1.54) is 12.2 Å². The van der Waals surface area contributed by atoms with E-state index in [0.29, 0.717) is 139 Å². The molecule has 756 valence electrons. The second-order valence-electron chi connectivity index (χ2n) is 29.4. The average molecular weight is 1870 g/mol. The van der Waals surface area contributed by atoms with Crippen LogP contribution in [0.4, 0.5) is 0 Å². The zero-order valence-corrected chi connectivity index (χ0v) is 73.6. The molecule has 0 aliphatic carbocycles. The summed E-state index contributed by atoms with van der Waals surface area (Å²) in [5.74, 6) is -1.82. The van der Waals surface area contributed by atoms with Crippen molar-refractivity contribution in [1.29, 1.82) is 0 Å². The molecule has 9 aliphatic heterocycles. The molecule has 0 aromatic heterocycles. The lowest BCUT2D eigenvalue weighted by Crippen LogP contribution is -2.46. The summed E-state index contributed by atoms with van der Waals surface area (Å²) in [5.41, 5.74) is 1.70. The third-order valence-electron chi connectivity index (χ3n) is 19.4. The molecule has 9 aliphatic rings. The van der Waals surface area contributed by atoms with E-state index in [1.54, 1.807) is 92.6 Å². The maximum absolute atomic E-state index is 11.5. The van der Waals surface area contributed by atoms with Gasteiger partial charge in [0.2, 0.25) is 76.8 Å². The molecule has 4 atom stereocenters. The van der Waals surface area contributed by atoms with Gasteiger partial charge in [-0.2, -0.15) is 0 Å². The summed E-state index contributed by atoms with van der Waals surface area (Å²) >= 11 is 0. The minimum atomic E-state index is -0.493. The van der Waals surface area contributed by atoms with Crippen molar-refractivity contribution in [3.05, 3.63) is 112 Å². The van der Waals surface area contributed by atoms with Crippen molar-refractivity contribution in [2.75, 3.05) is 125 Å². The van der Waals surface area contributed by atoms with Gasteiger partial charge < -0.3 is 89.1 Å². The zero-order valence-electron chi connectivity index (χ0n) is 73.6. The Kier molecular flexibility index (Phi) is 81.4. The Labute approximate surface area is 790 Å². The Morgan fingerprint density at radius 3 is 0.894 bits per heavy atom. The van der Waals surface area contributed by atoms with Crippen LogP contribution in [0.1, 0.15) is 251 Å². The normalized spacial score (nSPS) is 15.9. The average Bonchev–Trinajstić information content (AvgIpc) is 1.73. The second kappa shape index (κ2) is 77.8. The Morgan fingerprint density at radius 2 is 0.591 bits per heavy atom. The van der Waals surface area contributed by atoms with E-state index >= 15 is 0 Å². The fraction of sp³-hybridized carbons (Fsp3) is 0.625. The Balaban J connectivity index is -0.000000183. The number of hydrogen-bond donors (Lipinski definition) is 4. The molecule has 0 spiro atoms. The molecule has 4 N–H and O–H groups in total. The van der Waals surface area contributed by atoms with Crippen molar-refractivity contribution in [2.24, 2.45) is 0 Å². The molecule has 9 rings (SSSR count). The van der Waals surface area contributed by atoms with Crippen LogP contribution in [0.3, 0.4) is 0 Å². The molecule has 13 amide bonds. The highest BCUT2D eigenvalue weighted by molar-refractivity contribution is 5.94. The Bertz CT molecular complexity index is 3520. The Morgan fingerprint density at radius 1 is 0.303 bits per heavy atom. The number of carbonyl (C=O) groups excluding carboxylic acids is 18. The molecule has 9 fully saturated rings. The lowest BCUT2D eigenvalue weighted by molar-refractivity contribution is -0.158. The maximum Gasteiger partial charge on any atom is 0.335 e. The van der Waals surface area contributed by atoms with Gasteiger partial charge in [-0.1, -0.05) is 132 Å². The van der Waals surface area contributed by atoms with E-state index in [2.05, 4.69) is 80.5 Å². The van der Waals surface area contributed by atoms with Crippen molar-refractivity contribution in [2.45, 2.75) is 275 Å². The molecule has 36 nitrogen and oxygen atoms in total. The summed E-state index contributed by atoms with van der Waals surface area (Å²) < 4.78 is 24.4. The quantitative estimate of drug-likeness (QED) is 0.0276. The van der Waals surface area contributed by atoms with E-state index < -0.39 is 42.3 Å². The minimum absolute atomic E-state index is 0. The second-order valence-corrected chi connectivity index (χ2v) is 29.4. The van der Waals surface area contributed by atoms with Crippen LogP contribution in [0.5, 0.6) is 0 Å². The standard InChI is InChI=1S/C11H17NO3.2C10H16N2O2.2C10H15NO3.2C9H14N2O2.2C9H13NO3.9CH4/c1-2-11(14)15-9-8-12-7-5-3-4-6-10(12)13;1-7(2)10(14)11-8(3)12-6-4-5-9(12)13;1-8(2)10(14)11-5-7-12-6-3-4-9(12)13;1-7(2)10(13)14-8(3)11-6-4-5-9(11)12;1-8(2)10(13)14-7-6-11-5-3-4-9(11)12;1-3-8(12)10-7(2)11-6-4-5-9(11)13;1-2-8(12)10-5-7-11-6-3-4-9(11)13;1-3-9(12)13-7(2)10-6-4-5-8(10)11;1-2-9(12)13-7-6-10-5-3-4-8(10)11;;;;;;;;;/h2H,1,3-9H2;8H,1,4-6H2,2-3H3,(H,11,14);1,3-7H2,2H3,(H,11,14);8H,1,4-6H2,2-3H3;1,3-7H2,2H3;3,7H,1,4-6H2,2H3,(H,10,12);2H,1,3-7H2,(H,10,12);3,7H,1,4-6H2,2H3;2H,1,3-7H2;9*1H4. The smallest absolute Gasteiger partial charge is 0.335 e. The first-order valence-electron chi connectivity index (χ1n) is 41.7. The molecule has 0 aromatic rings. The number of carbonyl (C=O) groups is 18. The summed E-state index contributed by atoms with van der Waals surface area (Å²) in [6.45, 7) is 55.3. The van der Waals surface area contributed by atoms with Gasteiger partial charge in [0.25, 0.3) is 0 Å². The number of likely N-dealkylation sites (tertiary alicyclic amines) is 9. The van der Waals surface area contributed by atoms with Crippen molar-refractivity contribution >= 4 is 107 Å².